The highest BCUT2D eigenvalue weighted by Crippen LogP contribution is 2.15. The summed E-state index contributed by atoms with van der Waals surface area (Å²) in [6.07, 6.45) is 0. The molecule has 0 radical (unpaired) electrons. The minimum Gasteiger partial charge on any atom is -0.351 e. The number of aryl methyl sites for hydroxylation is 1. The van der Waals surface area contributed by atoms with E-state index in [0.717, 1.165) is 5.56 Å². The van der Waals surface area contributed by atoms with E-state index in [1.54, 1.807) is 42.5 Å². The van der Waals surface area contributed by atoms with Crippen LogP contribution in [0.15, 0.2) is 48.5 Å². The molecular formula is C16H15N3O3. The van der Waals surface area contributed by atoms with Crippen molar-refractivity contribution in [1.29, 1.82) is 0 Å². The number of carbonyl (C=O) groups excluding carboxylic acids is 3. The van der Waals surface area contributed by atoms with Crippen LogP contribution in [-0.4, -0.2) is 17.7 Å². The molecule has 6 nitrogen and oxygen atoms in total. The quantitative estimate of drug-likeness (QED) is 0.596. The van der Waals surface area contributed by atoms with E-state index in [9.17, 15) is 14.4 Å². The van der Waals surface area contributed by atoms with E-state index >= 15 is 0 Å². The number of nitrogens with one attached hydrogen (secondary N) is 2. The molecule has 0 spiro atoms. The average molecular weight is 297 g/mol. The molecule has 0 aliphatic carbocycles. The summed E-state index contributed by atoms with van der Waals surface area (Å²) in [5, 5.41) is 4.88. The first-order chi connectivity index (χ1) is 10.5. The Morgan fingerprint density at radius 2 is 1.50 bits per heavy atom. The van der Waals surface area contributed by atoms with Crippen LogP contribution in [0.1, 0.15) is 15.9 Å². The molecule has 2 aromatic carbocycles. The molecule has 2 rings (SSSR count). The van der Waals surface area contributed by atoms with Crippen LogP contribution in [0.4, 0.5) is 16.2 Å². The van der Waals surface area contributed by atoms with Gasteiger partial charge < -0.3 is 16.4 Å². The number of ketones is 1. The fourth-order valence-electron chi connectivity index (χ4n) is 1.84. The van der Waals surface area contributed by atoms with Gasteiger partial charge >= 0.3 is 6.03 Å². The molecule has 6 heteroatoms. The SMILES string of the molecule is Cc1ccc(C(=O)C(=O)Nc2cccc(NC(N)=O)c2)cc1. The Labute approximate surface area is 127 Å². The lowest BCUT2D eigenvalue weighted by Gasteiger charge is -2.07. The maximum absolute atomic E-state index is 12.0. The smallest absolute Gasteiger partial charge is 0.316 e. The molecule has 0 aliphatic heterocycles. The third kappa shape index (κ3) is 3.92. The molecular weight excluding hydrogens is 282 g/mol. The van der Waals surface area contributed by atoms with Crippen LogP contribution in [0.5, 0.6) is 0 Å². The van der Waals surface area contributed by atoms with E-state index in [0.29, 0.717) is 16.9 Å². The summed E-state index contributed by atoms with van der Waals surface area (Å²) in [5.41, 5.74) is 7.15. The van der Waals surface area contributed by atoms with E-state index in [1.807, 2.05) is 6.92 Å². The van der Waals surface area contributed by atoms with Crippen molar-refractivity contribution in [2.75, 3.05) is 10.6 Å². The zero-order chi connectivity index (χ0) is 16.1. The maximum Gasteiger partial charge on any atom is 0.316 e. The molecule has 22 heavy (non-hydrogen) atoms. The summed E-state index contributed by atoms with van der Waals surface area (Å²) in [4.78, 5) is 34.8. The first kappa shape index (κ1) is 15.2. The number of rotatable bonds is 4. The fraction of sp³-hybridized carbons (Fsp3) is 0.0625. The van der Waals surface area contributed by atoms with E-state index in [4.69, 9.17) is 5.73 Å². The van der Waals surface area contributed by atoms with Gasteiger partial charge in [0.05, 0.1) is 0 Å². The van der Waals surface area contributed by atoms with Gasteiger partial charge in [-0.15, -0.1) is 0 Å². The largest absolute Gasteiger partial charge is 0.351 e. The number of nitrogens with two attached hydrogens (primary N) is 1. The predicted molar refractivity (Wildman–Crippen MR) is 83.8 cm³/mol. The summed E-state index contributed by atoms with van der Waals surface area (Å²) >= 11 is 0. The second-order valence-corrected chi connectivity index (χ2v) is 4.72. The Morgan fingerprint density at radius 1 is 0.909 bits per heavy atom. The summed E-state index contributed by atoms with van der Waals surface area (Å²) in [6, 6.07) is 12.4. The molecule has 0 aliphatic rings. The summed E-state index contributed by atoms with van der Waals surface area (Å²) in [6.45, 7) is 1.89. The predicted octanol–water partition coefficient (Wildman–Crippen LogP) is 2.31. The monoisotopic (exact) mass is 297 g/mol. The molecule has 0 saturated heterocycles. The van der Waals surface area contributed by atoms with Crippen molar-refractivity contribution in [3.05, 3.63) is 59.7 Å². The lowest BCUT2D eigenvalue weighted by molar-refractivity contribution is -0.112. The zero-order valence-electron chi connectivity index (χ0n) is 11.9. The second kappa shape index (κ2) is 6.53. The van der Waals surface area contributed by atoms with Crippen LogP contribution >= 0.6 is 0 Å². The number of primary amides is 1. The Hall–Kier alpha value is -3.15. The molecule has 3 amide bonds. The van der Waals surface area contributed by atoms with Crippen molar-refractivity contribution in [1.82, 2.24) is 0 Å². The number of amides is 3. The van der Waals surface area contributed by atoms with Crippen molar-refractivity contribution in [3.63, 3.8) is 0 Å². The van der Waals surface area contributed by atoms with E-state index in [1.165, 1.54) is 6.07 Å². The van der Waals surface area contributed by atoms with Gasteiger partial charge in [-0.05, 0) is 25.1 Å². The van der Waals surface area contributed by atoms with Gasteiger partial charge in [0, 0.05) is 16.9 Å². The zero-order valence-corrected chi connectivity index (χ0v) is 11.9. The van der Waals surface area contributed by atoms with Crippen molar-refractivity contribution in [2.45, 2.75) is 6.92 Å². The summed E-state index contributed by atoms with van der Waals surface area (Å²) in [7, 11) is 0. The van der Waals surface area contributed by atoms with Gasteiger partial charge in [0.25, 0.3) is 11.7 Å². The molecule has 0 unspecified atom stereocenters. The minimum absolute atomic E-state index is 0.314. The van der Waals surface area contributed by atoms with Crippen LogP contribution in [0.3, 0.4) is 0 Å². The number of hydrogen-bond acceptors (Lipinski definition) is 3. The number of urea groups is 1. The number of hydrogen-bond donors (Lipinski definition) is 3. The number of Topliss-reactive ketones (excluding diaryl/α,β-unsaturated/α-hetero) is 1. The number of carbonyl (C=O) groups is 3. The van der Waals surface area contributed by atoms with Gasteiger partial charge in [0.2, 0.25) is 0 Å². The van der Waals surface area contributed by atoms with Crippen LogP contribution in [-0.2, 0) is 4.79 Å². The second-order valence-electron chi connectivity index (χ2n) is 4.72. The van der Waals surface area contributed by atoms with Gasteiger partial charge in [-0.3, -0.25) is 9.59 Å². The molecule has 0 fully saturated rings. The van der Waals surface area contributed by atoms with Gasteiger partial charge in [0.15, 0.2) is 0 Å². The minimum atomic E-state index is -0.750. The van der Waals surface area contributed by atoms with Crippen LogP contribution in [0.2, 0.25) is 0 Å². The highest BCUT2D eigenvalue weighted by molar-refractivity contribution is 6.46. The van der Waals surface area contributed by atoms with Crippen molar-refractivity contribution >= 4 is 29.1 Å². The summed E-state index contributed by atoms with van der Waals surface area (Å²) < 4.78 is 0. The van der Waals surface area contributed by atoms with Gasteiger partial charge in [-0.25, -0.2) is 4.79 Å². The lowest BCUT2D eigenvalue weighted by Crippen LogP contribution is -2.23. The van der Waals surface area contributed by atoms with Gasteiger partial charge in [0.1, 0.15) is 0 Å². The van der Waals surface area contributed by atoms with Crippen LogP contribution in [0, 0.1) is 6.92 Å². The third-order valence-corrected chi connectivity index (χ3v) is 2.91. The highest BCUT2D eigenvalue weighted by atomic mass is 16.2. The molecule has 0 atom stereocenters. The van der Waals surface area contributed by atoms with E-state index < -0.39 is 17.7 Å². The molecule has 0 heterocycles. The Kier molecular flexibility index (Phi) is 4.53. The van der Waals surface area contributed by atoms with Crippen molar-refractivity contribution in [3.8, 4) is 0 Å². The standard InChI is InChI=1S/C16H15N3O3/c1-10-5-7-11(8-6-10)14(20)15(21)18-12-3-2-4-13(9-12)19-16(17)22/h2-9H,1H3,(H,18,21)(H3,17,19,22). The average Bonchev–Trinajstić information content (AvgIpc) is 2.47. The normalized spacial score (nSPS) is 9.86. The molecule has 0 saturated carbocycles. The van der Waals surface area contributed by atoms with Crippen LogP contribution < -0.4 is 16.4 Å². The maximum atomic E-state index is 12.0. The first-order valence-electron chi connectivity index (χ1n) is 6.54. The molecule has 2 aromatic rings. The van der Waals surface area contributed by atoms with E-state index in [-0.39, 0.29) is 0 Å². The van der Waals surface area contributed by atoms with Crippen LogP contribution in [0.25, 0.3) is 0 Å². The molecule has 0 aromatic heterocycles. The van der Waals surface area contributed by atoms with Gasteiger partial charge in [-0.1, -0.05) is 35.9 Å². The topological polar surface area (TPSA) is 101 Å². The first-order valence-corrected chi connectivity index (χ1v) is 6.54. The Morgan fingerprint density at radius 3 is 2.09 bits per heavy atom. The molecule has 112 valence electrons. The third-order valence-electron chi connectivity index (χ3n) is 2.91. The van der Waals surface area contributed by atoms with Gasteiger partial charge in [-0.2, -0.15) is 0 Å². The van der Waals surface area contributed by atoms with Crippen molar-refractivity contribution in [2.24, 2.45) is 5.73 Å². The van der Waals surface area contributed by atoms with Crippen molar-refractivity contribution < 1.29 is 14.4 Å². The van der Waals surface area contributed by atoms with E-state index in [2.05, 4.69) is 10.6 Å². The molecule has 4 N–H and O–H groups in total. The molecule has 0 bridgehead atoms. The Balaban J connectivity index is 2.09. The Bertz CT molecular complexity index is 724. The number of benzene rings is 2. The highest BCUT2D eigenvalue weighted by Gasteiger charge is 2.16. The summed E-state index contributed by atoms with van der Waals surface area (Å²) in [5.74, 6) is -1.38. The fourth-order valence-corrected chi connectivity index (χ4v) is 1.84. The lowest BCUT2D eigenvalue weighted by atomic mass is 10.1. The number of anilines is 2.